The summed E-state index contributed by atoms with van der Waals surface area (Å²) >= 11 is 0. The second-order valence-electron chi connectivity index (χ2n) is 3.94. The van der Waals surface area contributed by atoms with Crippen LogP contribution in [0.25, 0.3) is 10.9 Å². The average molecular weight is 230 g/mol. The molecular weight excluding hydrogens is 220 g/mol. The van der Waals surface area contributed by atoms with E-state index in [1.807, 2.05) is 0 Å². The fourth-order valence-electron chi connectivity index (χ4n) is 2.09. The molecule has 0 atom stereocenters. The maximum Gasteiger partial charge on any atom is 0.335 e. The Morgan fingerprint density at radius 2 is 2.29 bits per heavy atom. The number of fused-ring (bicyclic) bond motifs is 3. The number of pyridine rings is 1. The second-order valence-corrected chi connectivity index (χ2v) is 3.94. The molecule has 5 heteroatoms. The van der Waals surface area contributed by atoms with Crippen molar-refractivity contribution < 1.29 is 14.6 Å². The lowest BCUT2D eigenvalue weighted by Crippen LogP contribution is -1.99. The van der Waals surface area contributed by atoms with Gasteiger partial charge < -0.3 is 15.6 Å². The number of benzene rings is 1. The maximum atomic E-state index is 10.9. The Morgan fingerprint density at radius 1 is 1.47 bits per heavy atom. The highest BCUT2D eigenvalue weighted by Gasteiger charge is 2.20. The molecule has 0 spiro atoms. The van der Waals surface area contributed by atoms with Gasteiger partial charge in [-0.15, -0.1) is 0 Å². The van der Waals surface area contributed by atoms with Crippen LogP contribution in [0.4, 0.5) is 5.82 Å². The summed E-state index contributed by atoms with van der Waals surface area (Å²) in [5.41, 5.74) is 7.59. The van der Waals surface area contributed by atoms with Gasteiger partial charge in [-0.1, -0.05) is 0 Å². The summed E-state index contributed by atoms with van der Waals surface area (Å²) < 4.78 is 5.51. The number of hydrogen-bond acceptors (Lipinski definition) is 4. The molecular formula is C12H10N2O3. The molecule has 3 N–H and O–H groups in total. The summed E-state index contributed by atoms with van der Waals surface area (Å²) in [6.07, 6.45) is 0.724. The van der Waals surface area contributed by atoms with Crippen LogP contribution in [-0.4, -0.2) is 22.7 Å². The molecule has 0 unspecified atom stereocenters. The third kappa shape index (κ3) is 1.39. The van der Waals surface area contributed by atoms with Gasteiger partial charge in [0.1, 0.15) is 11.6 Å². The van der Waals surface area contributed by atoms with Gasteiger partial charge in [-0.3, -0.25) is 0 Å². The lowest BCUT2D eigenvalue weighted by Gasteiger charge is -2.07. The van der Waals surface area contributed by atoms with Crippen LogP contribution >= 0.6 is 0 Å². The monoisotopic (exact) mass is 230 g/mol. The molecule has 2 aromatic rings. The highest BCUT2D eigenvalue weighted by atomic mass is 16.5. The van der Waals surface area contributed by atoms with E-state index < -0.39 is 5.97 Å². The number of nitrogens with zero attached hydrogens (tertiary/aromatic N) is 1. The summed E-state index contributed by atoms with van der Waals surface area (Å²) in [5, 5.41) is 9.68. The van der Waals surface area contributed by atoms with Crippen LogP contribution < -0.4 is 10.5 Å². The number of ether oxygens (including phenoxy) is 1. The molecule has 0 radical (unpaired) electrons. The van der Waals surface area contributed by atoms with Crippen molar-refractivity contribution in [3.05, 3.63) is 29.3 Å². The van der Waals surface area contributed by atoms with Crippen molar-refractivity contribution in [2.45, 2.75) is 6.42 Å². The van der Waals surface area contributed by atoms with Gasteiger partial charge >= 0.3 is 5.97 Å². The average Bonchev–Trinajstić information content (AvgIpc) is 2.78. The van der Waals surface area contributed by atoms with Gasteiger partial charge in [0.15, 0.2) is 0 Å². The minimum Gasteiger partial charge on any atom is -0.492 e. The Hall–Kier alpha value is -2.30. The van der Waals surface area contributed by atoms with Crippen molar-refractivity contribution in [1.82, 2.24) is 4.98 Å². The summed E-state index contributed by atoms with van der Waals surface area (Å²) in [6.45, 7) is 0.567. The molecule has 0 bridgehead atoms. The standard InChI is InChI=1S/C12H10N2O3/c13-11-7-3-4-17-10(7)8-5-6(12(15)16)1-2-9(8)14-11/h1-2,5H,3-4H2,(H2,13,14)(H,15,16). The van der Waals surface area contributed by atoms with Crippen LogP contribution in [0, 0.1) is 0 Å². The Morgan fingerprint density at radius 3 is 3.06 bits per heavy atom. The molecule has 0 saturated carbocycles. The number of carboxylic acid groups (broad SMARTS) is 1. The zero-order valence-electron chi connectivity index (χ0n) is 8.93. The van der Waals surface area contributed by atoms with Gasteiger partial charge in [0.2, 0.25) is 0 Å². The molecule has 17 heavy (non-hydrogen) atoms. The van der Waals surface area contributed by atoms with E-state index in [9.17, 15) is 4.79 Å². The van der Waals surface area contributed by atoms with Gasteiger partial charge in [-0.2, -0.15) is 0 Å². The van der Waals surface area contributed by atoms with Gasteiger partial charge in [-0.05, 0) is 18.2 Å². The van der Waals surface area contributed by atoms with Crippen molar-refractivity contribution in [2.24, 2.45) is 0 Å². The molecule has 0 saturated heterocycles. The summed E-state index contributed by atoms with van der Waals surface area (Å²) in [6, 6.07) is 4.74. The zero-order valence-corrected chi connectivity index (χ0v) is 8.93. The number of carbonyl (C=O) groups is 1. The predicted molar refractivity (Wildman–Crippen MR) is 62.3 cm³/mol. The van der Waals surface area contributed by atoms with Crippen LogP contribution in [0.3, 0.4) is 0 Å². The molecule has 0 aliphatic carbocycles. The number of anilines is 1. The molecule has 2 heterocycles. The summed E-state index contributed by atoms with van der Waals surface area (Å²) in [5.74, 6) is 0.180. The molecule has 3 rings (SSSR count). The summed E-state index contributed by atoms with van der Waals surface area (Å²) in [7, 11) is 0. The molecule has 86 valence electrons. The first-order valence-electron chi connectivity index (χ1n) is 5.25. The number of rotatable bonds is 1. The topological polar surface area (TPSA) is 85.4 Å². The van der Waals surface area contributed by atoms with E-state index in [2.05, 4.69) is 4.98 Å². The van der Waals surface area contributed by atoms with E-state index in [-0.39, 0.29) is 5.56 Å². The normalized spacial score (nSPS) is 13.4. The fraction of sp³-hybridized carbons (Fsp3) is 0.167. The second kappa shape index (κ2) is 3.35. The largest absolute Gasteiger partial charge is 0.492 e. The van der Waals surface area contributed by atoms with Crippen LogP contribution in [0.2, 0.25) is 0 Å². The van der Waals surface area contributed by atoms with Gasteiger partial charge in [0.25, 0.3) is 0 Å². The predicted octanol–water partition coefficient (Wildman–Crippen LogP) is 1.45. The van der Waals surface area contributed by atoms with Gasteiger partial charge in [0.05, 0.1) is 17.7 Å². The van der Waals surface area contributed by atoms with E-state index in [1.165, 1.54) is 6.07 Å². The molecule has 1 aliphatic rings. The first-order chi connectivity index (χ1) is 8.16. The third-order valence-corrected chi connectivity index (χ3v) is 2.91. The third-order valence-electron chi connectivity index (χ3n) is 2.91. The van der Waals surface area contributed by atoms with E-state index >= 15 is 0 Å². The lowest BCUT2D eigenvalue weighted by atomic mass is 10.1. The van der Waals surface area contributed by atoms with E-state index in [4.69, 9.17) is 15.6 Å². The molecule has 1 aromatic carbocycles. The Balaban J connectivity index is 2.35. The van der Waals surface area contributed by atoms with Crippen LogP contribution in [0.15, 0.2) is 18.2 Å². The van der Waals surface area contributed by atoms with Crippen LogP contribution in [0.5, 0.6) is 5.75 Å². The quantitative estimate of drug-likeness (QED) is 0.774. The highest BCUT2D eigenvalue weighted by Crippen LogP contribution is 2.36. The number of carboxylic acids is 1. The van der Waals surface area contributed by atoms with E-state index in [0.717, 1.165) is 12.0 Å². The molecule has 1 aromatic heterocycles. The molecule has 0 fully saturated rings. The number of nitrogens with two attached hydrogens (primary N) is 1. The van der Waals surface area contributed by atoms with E-state index in [1.54, 1.807) is 12.1 Å². The van der Waals surface area contributed by atoms with E-state index in [0.29, 0.717) is 29.1 Å². The molecule has 5 nitrogen and oxygen atoms in total. The van der Waals surface area contributed by atoms with Crippen molar-refractivity contribution >= 4 is 22.7 Å². The molecule has 0 amide bonds. The van der Waals surface area contributed by atoms with Crippen molar-refractivity contribution in [2.75, 3.05) is 12.3 Å². The van der Waals surface area contributed by atoms with Crippen molar-refractivity contribution in [1.29, 1.82) is 0 Å². The van der Waals surface area contributed by atoms with Crippen molar-refractivity contribution in [3.63, 3.8) is 0 Å². The Labute approximate surface area is 96.8 Å². The first-order valence-corrected chi connectivity index (χ1v) is 5.25. The number of nitrogen functional groups attached to an aromatic ring is 1. The maximum absolute atomic E-state index is 10.9. The Kier molecular flexibility index (Phi) is 1.95. The fourth-order valence-corrected chi connectivity index (χ4v) is 2.09. The smallest absolute Gasteiger partial charge is 0.335 e. The SMILES string of the molecule is Nc1nc2ccc(C(=O)O)cc2c2c1CCO2. The van der Waals surface area contributed by atoms with Crippen molar-refractivity contribution in [3.8, 4) is 5.75 Å². The lowest BCUT2D eigenvalue weighted by molar-refractivity contribution is 0.0697. The van der Waals surface area contributed by atoms with Gasteiger partial charge in [-0.25, -0.2) is 9.78 Å². The zero-order chi connectivity index (χ0) is 12.0. The summed E-state index contributed by atoms with van der Waals surface area (Å²) in [4.78, 5) is 15.2. The number of hydrogen-bond donors (Lipinski definition) is 2. The first kappa shape index (κ1) is 9.89. The van der Waals surface area contributed by atoms with Gasteiger partial charge in [0, 0.05) is 17.4 Å². The van der Waals surface area contributed by atoms with Crippen LogP contribution in [0.1, 0.15) is 15.9 Å². The minimum atomic E-state index is -0.963. The molecule has 1 aliphatic heterocycles. The number of aromatic nitrogens is 1. The minimum absolute atomic E-state index is 0.224. The highest BCUT2D eigenvalue weighted by molar-refractivity contribution is 5.97. The van der Waals surface area contributed by atoms with Crippen LogP contribution in [-0.2, 0) is 6.42 Å². The Bertz CT molecular complexity index is 637. The number of aromatic carboxylic acids is 1.